The molecule has 1 aromatic heterocycles. The van der Waals surface area contributed by atoms with E-state index in [0.717, 1.165) is 17.1 Å². The van der Waals surface area contributed by atoms with Crippen molar-refractivity contribution in [2.24, 2.45) is 0 Å². The summed E-state index contributed by atoms with van der Waals surface area (Å²) in [5.74, 6) is 0.745. The summed E-state index contributed by atoms with van der Waals surface area (Å²) < 4.78 is 0. The van der Waals surface area contributed by atoms with Crippen LogP contribution < -0.4 is 0 Å². The van der Waals surface area contributed by atoms with Gasteiger partial charge in [0.25, 0.3) is 0 Å². The first-order valence-corrected chi connectivity index (χ1v) is 5.32. The summed E-state index contributed by atoms with van der Waals surface area (Å²) in [5, 5.41) is 2.14. The van der Waals surface area contributed by atoms with Crippen LogP contribution in [0.5, 0.6) is 0 Å². The fourth-order valence-corrected chi connectivity index (χ4v) is 2.70. The van der Waals surface area contributed by atoms with Crippen molar-refractivity contribution in [2.75, 3.05) is 0 Å². The Morgan fingerprint density at radius 2 is 2.17 bits per heavy atom. The number of hydrogen-bond acceptors (Lipinski definition) is 2. The monoisotopic (exact) mass is 180 g/mol. The van der Waals surface area contributed by atoms with Crippen LogP contribution in [-0.2, 0) is 0 Å². The fraction of sp³-hybridized carbons (Fsp3) is 0.500. The summed E-state index contributed by atoms with van der Waals surface area (Å²) >= 11 is 1.57. The lowest BCUT2D eigenvalue weighted by Crippen LogP contribution is -1.87. The van der Waals surface area contributed by atoms with Crippen molar-refractivity contribution in [1.29, 1.82) is 0 Å². The molecule has 0 saturated heterocycles. The van der Waals surface area contributed by atoms with E-state index < -0.39 is 0 Å². The van der Waals surface area contributed by atoms with Gasteiger partial charge >= 0.3 is 0 Å². The van der Waals surface area contributed by atoms with E-state index in [0.29, 0.717) is 0 Å². The second kappa shape index (κ2) is 3.40. The predicted molar refractivity (Wildman–Crippen MR) is 50.9 cm³/mol. The van der Waals surface area contributed by atoms with Gasteiger partial charge in [0.1, 0.15) is 0 Å². The van der Waals surface area contributed by atoms with Gasteiger partial charge in [0.15, 0.2) is 6.29 Å². The molecule has 0 amide bonds. The lowest BCUT2D eigenvalue weighted by Gasteiger charge is -2.03. The average Bonchev–Trinajstić information content (AvgIpc) is 2.75. The highest BCUT2D eigenvalue weighted by molar-refractivity contribution is 7.11. The SMILES string of the molecule is O=Cc1cc(C2CCCC2)cs1. The summed E-state index contributed by atoms with van der Waals surface area (Å²) in [6.45, 7) is 0. The van der Waals surface area contributed by atoms with Crippen molar-refractivity contribution < 1.29 is 4.79 Å². The van der Waals surface area contributed by atoms with E-state index in [1.54, 1.807) is 11.3 Å². The van der Waals surface area contributed by atoms with Gasteiger partial charge in [0, 0.05) is 0 Å². The summed E-state index contributed by atoms with van der Waals surface area (Å²) in [6.07, 6.45) is 6.29. The Balaban J connectivity index is 2.16. The van der Waals surface area contributed by atoms with Crippen LogP contribution in [0, 0.1) is 0 Å². The van der Waals surface area contributed by atoms with Gasteiger partial charge < -0.3 is 0 Å². The van der Waals surface area contributed by atoms with E-state index in [1.165, 1.54) is 31.2 Å². The first-order valence-electron chi connectivity index (χ1n) is 4.44. The summed E-state index contributed by atoms with van der Waals surface area (Å²) in [5.41, 5.74) is 1.39. The molecule has 0 aliphatic heterocycles. The zero-order valence-electron chi connectivity index (χ0n) is 6.95. The van der Waals surface area contributed by atoms with E-state index in [-0.39, 0.29) is 0 Å². The average molecular weight is 180 g/mol. The number of thiophene rings is 1. The third-order valence-electron chi connectivity index (χ3n) is 2.58. The fourth-order valence-electron chi connectivity index (χ4n) is 1.90. The van der Waals surface area contributed by atoms with Crippen molar-refractivity contribution in [3.8, 4) is 0 Å². The van der Waals surface area contributed by atoms with Gasteiger partial charge in [-0.25, -0.2) is 0 Å². The van der Waals surface area contributed by atoms with Crippen LogP contribution in [0.3, 0.4) is 0 Å². The first kappa shape index (κ1) is 7.99. The maximum atomic E-state index is 10.4. The van der Waals surface area contributed by atoms with Crippen LogP contribution in [0.1, 0.15) is 46.8 Å². The molecule has 0 aromatic carbocycles. The van der Waals surface area contributed by atoms with Crippen LogP contribution >= 0.6 is 11.3 Å². The minimum absolute atomic E-state index is 0.745. The molecule has 1 heterocycles. The molecule has 1 aliphatic rings. The molecule has 1 aliphatic carbocycles. The molecular weight excluding hydrogens is 168 g/mol. The van der Waals surface area contributed by atoms with Crippen LogP contribution in [0.25, 0.3) is 0 Å². The van der Waals surface area contributed by atoms with Gasteiger partial charge in [0.05, 0.1) is 4.88 Å². The van der Waals surface area contributed by atoms with Crippen LogP contribution in [-0.4, -0.2) is 6.29 Å². The molecule has 0 unspecified atom stereocenters. The van der Waals surface area contributed by atoms with Gasteiger partial charge in [0.2, 0.25) is 0 Å². The zero-order chi connectivity index (χ0) is 8.39. The van der Waals surface area contributed by atoms with E-state index >= 15 is 0 Å². The highest BCUT2D eigenvalue weighted by Crippen LogP contribution is 2.35. The second-order valence-corrected chi connectivity index (χ2v) is 4.32. The Morgan fingerprint density at radius 1 is 1.42 bits per heavy atom. The molecule has 0 spiro atoms. The topological polar surface area (TPSA) is 17.1 Å². The van der Waals surface area contributed by atoms with Crippen molar-refractivity contribution >= 4 is 17.6 Å². The minimum atomic E-state index is 0.745. The molecule has 0 bridgehead atoms. The maximum absolute atomic E-state index is 10.4. The van der Waals surface area contributed by atoms with E-state index in [9.17, 15) is 4.79 Å². The first-order chi connectivity index (χ1) is 5.90. The molecule has 1 nitrogen and oxygen atoms in total. The Kier molecular flexibility index (Phi) is 2.26. The van der Waals surface area contributed by atoms with Gasteiger partial charge in [-0.05, 0) is 35.8 Å². The van der Waals surface area contributed by atoms with E-state index in [2.05, 4.69) is 5.38 Å². The number of aldehydes is 1. The summed E-state index contributed by atoms with van der Waals surface area (Å²) in [6, 6.07) is 2.05. The Morgan fingerprint density at radius 3 is 2.75 bits per heavy atom. The van der Waals surface area contributed by atoms with Crippen LogP contribution in [0.15, 0.2) is 11.4 Å². The second-order valence-electron chi connectivity index (χ2n) is 3.38. The van der Waals surface area contributed by atoms with E-state index in [4.69, 9.17) is 0 Å². The smallest absolute Gasteiger partial charge is 0.160 e. The Bertz CT molecular complexity index is 271. The van der Waals surface area contributed by atoms with Crippen LogP contribution in [0.4, 0.5) is 0 Å². The molecular formula is C10H12OS. The molecule has 0 N–H and O–H groups in total. The standard InChI is InChI=1S/C10H12OS/c11-6-10-5-9(7-12-10)8-3-1-2-4-8/h5-8H,1-4H2. The number of carbonyl (C=O) groups is 1. The molecule has 1 fully saturated rings. The Labute approximate surface area is 76.4 Å². The zero-order valence-corrected chi connectivity index (χ0v) is 7.77. The van der Waals surface area contributed by atoms with Gasteiger partial charge in [-0.2, -0.15) is 0 Å². The molecule has 0 atom stereocenters. The third kappa shape index (κ3) is 1.44. The molecule has 0 radical (unpaired) electrons. The quantitative estimate of drug-likeness (QED) is 0.639. The highest BCUT2D eigenvalue weighted by atomic mass is 32.1. The normalized spacial score (nSPS) is 18.3. The van der Waals surface area contributed by atoms with Gasteiger partial charge in [-0.1, -0.05) is 12.8 Å². The maximum Gasteiger partial charge on any atom is 0.160 e. The summed E-state index contributed by atoms with van der Waals surface area (Å²) in [4.78, 5) is 11.3. The minimum Gasteiger partial charge on any atom is -0.297 e. The molecule has 64 valence electrons. The molecule has 2 heteroatoms. The van der Waals surface area contributed by atoms with Crippen molar-refractivity contribution in [3.63, 3.8) is 0 Å². The van der Waals surface area contributed by atoms with Crippen molar-refractivity contribution in [2.45, 2.75) is 31.6 Å². The highest BCUT2D eigenvalue weighted by Gasteiger charge is 2.17. The van der Waals surface area contributed by atoms with Crippen molar-refractivity contribution in [3.05, 3.63) is 21.9 Å². The summed E-state index contributed by atoms with van der Waals surface area (Å²) in [7, 11) is 0. The third-order valence-corrected chi connectivity index (χ3v) is 3.46. The lowest BCUT2D eigenvalue weighted by molar-refractivity contribution is 0.112. The molecule has 1 aromatic rings. The number of hydrogen-bond donors (Lipinski definition) is 0. The van der Waals surface area contributed by atoms with E-state index in [1.807, 2.05) is 6.07 Å². The van der Waals surface area contributed by atoms with Crippen molar-refractivity contribution in [1.82, 2.24) is 0 Å². The molecule has 12 heavy (non-hydrogen) atoms. The number of rotatable bonds is 2. The predicted octanol–water partition coefficient (Wildman–Crippen LogP) is 3.22. The number of carbonyl (C=O) groups excluding carboxylic acids is 1. The largest absolute Gasteiger partial charge is 0.297 e. The molecule has 1 saturated carbocycles. The molecule has 2 rings (SSSR count). The van der Waals surface area contributed by atoms with Gasteiger partial charge in [-0.15, -0.1) is 11.3 Å². The Hall–Kier alpha value is -0.630. The lowest BCUT2D eigenvalue weighted by atomic mass is 10.0. The van der Waals surface area contributed by atoms with Gasteiger partial charge in [-0.3, -0.25) is 4.79 Å². The van der Waals surface area contributed by atoms with Crippen LogP contribution in [0.2, 0.25) is 0 Å².